The summed E-state index contributed by atoms with van der Waals surface area (Å²) in [5.74, 6) is 0.214. The van der Waals surface area contributed by atoms with Crippen LogP contribution in [-0.2, 0) is 4.74 Å². The van der Waals surface area contributed by atoms with E-state index in [-0.39, 0.29) is 12.1 Å². The summed E-state index contributed by atoms with van der Waals surface area (Å²) in [6.07, 6.45) is 3.55. The molecule has 0 saturated heterocycles. The number of hydrogen-bond acceptors (Lipinski definition) is 3. The molecule has 1 saturated carbocycles. The Balaban J connectivity index is 1.63. The molecule has 0 heterocycles. The second kappa shape index (κ2) is 5.82. The van der Waals surface area contributed by atoms with Crippen molar-refractivity contribution < 1.29 is 14.6 Å². The molecular weight excluding hydrogens is 216 g/mol. The molecule has 3 nitrogen and oxygen atoms in total. The number of esters is 1. The first kappa shape index (κ1) is 12.1. The van der Waals surface area contributed by atoms with Gasteiger partial charge < -0.3 is 9.84 Å². The molecule has 1 aromatic rings. The Hall–Kier alpha value is -1.35. The average Bonchev–Trinajstić information content (AvgIpc) is 3.19. The van der Waals surface area contributed by atoms with Crippen LogP contribution in [0, 0.1) is 5.92 Å². The Morgan fingerprint density at radius 3 is 2.71 bits per heavy atom. The first-order valence-corrected chi connectivity index (χ1v) is 6.17. The number of benzene rings is 1. The summed E-state index contributed by atoms with van der Waals surface area (Å²) in [6.45, 7) is 0.386. The zero-order valence-corrected chi connectivity index (χ0v) is 9.84. The second-order valence-electron chi connectivity index (χ2n) is 4.55. The van der Waals surface area contributed by atoms with Gasteiger partial charge in [0.15, 0.2) is 0 Å². The Bertz CT molecular complexity index is 357. The highest BCUT2D eigenvalue weighted by molar-refractivity contribution is 5.89. The molecule has 1 atom stereocenters. The minimum Gasteiger partial charge on any atom is -0.462 e. The quantitative estimate of drug-likeness (QED) is 0.607. The van der Waals surface area contributed by atoms with Gasteiger partial charge in [-0.3, -0.25) is 0 Å². The minimum atomic E-state index is -0.286. The zero-order chi connectivity index (χ0) is 12.1. The van der Waals surface area contributed by atoms with Gasteiger partial charge in [0.2, 0.25) is 0 Å². The van der Waals surface area contributed by atoms with Crippen molar-refractivity contribution in [2.45, 2.75) is 31.8 Å². The van der Waals surface area contributed by atoms with Gasteiger partial charge in [-0.05, 0) is 43.7 Å². The van der Waals surface area contributed by atoms with E-state index in [1.165, 1.54) is 0 Å². The van der Waals surface area contributed by atoms with Crippen molar-refractivity contribution >= 4 is 5.97 Å². The van der Waals surface area contributed by atoms with Crippen LogP contribution in [0.15, 0.2) is 30.3 Å². The van der Waals surface area contributed by atoms with Crippen LogP contribution in [0.25, 0.3) is 0 Å². The Morgan fingerprint density at radius 1 is 1.35 bits per heavy atom. The molecule has 1 aliphatic rings. The normalized spacial score (nSPS) is 16.5. The third-order valence-corrected chi connectivity index (χ3v) is 3.05. The molecule has 0 amide bonds. The van der Waals surface area contributed by atoms with Crippen LogP contribution in [0.4, 0.5) is 0 Å². The SMILES string of the molecule is O=C(OCCCC(O)C1CC1)c1ccccc1. The summed E-state index contributed by atoms with van der Waals surface area (Å²) >= 11 is 0. The largest absolute Gasteiger partial charge is 0.462 e. The van der Waals surface area contributed by atoms with E-state index < -0.39 is 0 Å². The fourth-order valence-electron chi connectivity index (χ4n) is 1.83. The maximum absolute atomic E-state index is 11.6. The fraction of sp³-hybridized carbons (Fsp3) is 0.500. The van der Waals surface area contributed by atoms with Crippen molar-refractivity contribution in [3.8, 4) is 0 Å². The molecule has 3 heteroatoms. The van der Waals surface area contributed by atoms with Crippen LogP contribution in [-0.4, -0.2) is 23.8 Å². The lowest BCUT2D eigenvalue weighted by Gasteiger charge is -2.09. The third-order valence-electron chi connectivity index (χ3n) is 3.05. The molecule has 17 heavy (non-hydrogen) atoms. The van der Waals surface area contributed by atoms with Gasteiger partial charge in [-0.2, -0.15) is 0 Å². The van der Waals surface area contributed by atoms with Crippen molar-refractivity contribution in [3.63, 3.8) is 0 Å². The van der Waals surface area contributed by atoms with Crippen LogP contribution in [0.3, 0.4) is 0 Å². The number of hydrogen-bond donors (Lipinski definition) is 1. The van der Waals surface area contributed by atoms with Crippen LogP contribution < -0.4 is 0 Å². The topological polar surface area (TPSA) is 46.5 Å². The van der Waals surface area contributed by atoms with Crippen molar-refractivity contribution in [1.82, 2.24) is 0 Å². The third kappa shape index (κ3) is 3.86. The van der Waals surface area contributed by atoms with Gasteiger partial charge in [-0.15, -0.1) is 0 Å². The molecule has 0 bridgehead atoms. The van der Waals surface area contributed by atoms with Crippen LogP contribution in [0.1, 0.15) is 36.0 Å². The number of aliphatic hydroxyl groups is 1. The summed E-state index contributed by atoms with van der Waals surface area (Å²) in [5.41, 5.74) is 0.579. The molecule has 92 valence electrons. The summed E-state index contributed by atoms with van der Waals surface area (Å²) in [5, 5.41) is 9.63. The number of ether oxygens (including phenoxy) is 1. The minimum absolute atomic E-state index is 0.203. The van der Waals surface area contributed by atoms with Crippen LogP contribution >= 0.6 is 0 Å². The van der Waals surface area contributed by atoms with Gasteiger partial charge in [0.1, 0.15) is 0 Å². The molecular formula is C14H18O3. The fourth-order valence-corrected chi connectivity index (χ4v) is 1.83. The Morgan fingerprint density at radius 2 is 2.06 bits per heavy atom. The Kier molecular flexibility index (Phi) is 4.15. The Labute approximate surface area is 101 Å². The van der Waals surface area contributed by atoms with Gasteiger partial charge in [0, 0.05) is 0 Å². The molecule has 1 aromatic carbocycles. The van der Waals surface area contributed by atoms with E-state index in [1.54, 1.807) is 12.1 Å². The molecule has 0 aliphatic heterocycles. The monoisotopic (exact) mass is 234 g/mol. The highest BCUT2D eigenvalue weighted by Gasteiger charge is 2.28. The van der Waals surface area contributed by atoms with Crippen molar-refractivity contribution in [1.29, 1.82) is 0 Å². The maximum Gasteiger partial charge on any atom is 0.338 e. The highest BCUT2D eigenvalue weighted by Crippen LogP contribution is 2.34. The van der Waals surface area contributed by atoms with Crippen molar-refractivity contribution in [3.05, 3.63) is 35.9 Å². The summed E-state index contributed by atoms with van der Waals surface area (Å²) in [4.78, 5) is 11.6. The molecule has 0 aromatic heterocycles. The van der Waals surface area contributed by atoms with Gasteiger partial charge in [0.05, 0.1) is 18.3 Å². The maximum atomic E-state index is 11.6. The van der Waals surface area contributed by atoms with E-state index in [4.69, 9.17) is 4.74 Å². The molecule has 0 spiro atoms. The van der Waals surface area contributed by atoms with Gasteiger partial charge in [-0.1, -0.05) is 18.2 Å². The van der Waals surface area contributed by atoms with Gasteiger partial charge in [-0.25, -0.2) is 4.79 Å². The van der Waals surface area contributed by atoms with E-state index in [0.717, 1.165) is 25.7 Å². The lowest BCUT2D eigenvalue weighted by molar-refractivity contribution is 0.0470. The molecule has 1 fully saturated rings. The van der Waals surface area contributed by atoms with Crippen LogP contribution in [0.5, 0.6) is 0 Å². The molecule has 2 rings (SSSR count). The van der Waals surface area contributed by atoms with E-state index in [1.807, 2.05) is 18.2 Å². The molecule has 0 radical (unpaired) electrons. The smallest absolute Gasteiger partial charge is 0.338 e. The first-order valence-electron chi connectivity index (χ1n) is 6.17. The lowest BCUT2D eigenvalue weighted by atomic mass is 10.1. The number of aliphatic hydroxyl groups excluding tert-OH is 1. The van der Waals surface area contributed by atoms with Crippen molar-refractivity contribution in [2.75, 3.05) is 6.61 Å². The number of carbonyl (C=O) groups is 1. The predicted molar refractivity (Wildman–Crippen MR) is 64.7 cm³/mol. The summed E-state index contributed by atoms with van der Waals surface area (Å²) in [7, 11) is 0. The van der Waals surface area contributed by atoms with Crippen LogP contribution in [0.2, 0.25) is 0 Å². The highest BCUT2D eigenvalue weighted by atomic mass is 16.5. The molecule has 1 N–H and O–H groups in total. The summed E-state index contributed by atoms with van der Waals surface area (Å²) < 4.78 is 5.13. The summed E-state index contributed by atoms with van der Waals surface area (Å²) in [6, 6.07) is 8.96. The van der Waals surface area contributed by atoms with E-state index >= 15 is 0 Å². The molecule has 1 unspecified atom stereocenters. The molecule has 1 aliphatic carbocycles. The lowest BCUT2D eigenvalue weighted by Crippen LogP contribution is -2.12. The number of carbonyl (C=O) groups excluding carboxylic acids is 1. The van der Waals surface area contributed by atoms with Gasteiger partial charge >= 0.3 is 5.97 Å². The van der Waals surface area contributed by atoms with Gasteiger partial charge in [0.25, 0.3) is 0 Å². The van der Waals surface area contributed by atoms with Crippen molar-refractivity contribution in [2.24, 2.45) is 5.92 Å². The average molecular weight is 234 g/mol. The number of rotatable bonds is 6. The van der Waals surface area contributed by atoms with E-state index in [9.17, 15) is 9.90 Å². The standard InChI is InChI=1S/C14H18O3/c15-13(11-8-9-11)7-4-10-17-14(16)12-5-2-1-3-6-12/h1-3,5-6,11,13,15H,4,7-10H2. The first-order chi connectivity index (χ1) is 8.27. The second-order valence-corrected chi connectivity index (χ2v) is 4.55. The van der Waals surface area contributed by atoms with E-state index in [0.29, 0.717) is 18.1 Å². The van der Waals surface area contributed by atoms with E-state index in [2.05, 4.69) is 0 Å². The predicted octanol–water partition coefficient (Wildman–Crippen LogP) is 2.39. The zero-order valence-electron chi connectivity index (χ0n) is 9.84.